The van der Waals surface area contributed by atoms with Gasteiger partial charge >= 0.3 is 0 Å². The van der Waals surface area contributed by atoms with Gasteiger partial charge in [-0.15, -0.1) is 0 Å². The smallest absolute Gasteiger partial charge is 0.232 e. The topological polar surface area (TPSA) is 37.3 Å². The van der Waals surface area contributed by atoms with Gasteiger partial charge in [0.25, 0.3) is 0 Å². The molecule has 0 bridgehead atoms. The summed E-state index contributed by atoms with van der Waals surface area (Å²) in [6, 6.07) is 0. The number of rotatable bonds is 1. The Kier molecular flexibility index (Phi) is 3.06. The van der Waals surface area contributed by atoms with Gasteiger partial charge in [-0.1, -0.05) is 32.1 Å². The largest absolute Gasteiger partial charge is 0.382 e. The summed E-state index contributed by atoms with van der Waals surface area (Å²) in [7, 11) is 0. The van der Waals surface area contributed by atoms with Gasteiger partial charge in [0.2, 0.25) is 6.29 Å². The minimum Gasteiger partial charge on any atom is -0.382 e. The fourth-order valence-corrected chi connectivity index (χ4v) is 1.59. The average molecular weight is 155 g/mol. The first-order chi connectivity index (χ1) is 5.27. The van der Waals surface area contributed by atoms with Crippen LogP contribution < -0.4 is 0 Å². The fourth-order valence-electron chi connectivity index (χ4n) is 1.59. The molecule has 0 aromatic rings. The number of hydrogen-bond donors (Lipinski definition) is 1. The summed E-state index contributed by atoms with van der Waals surface area (Å²) < 4.78 is 0. The minimum absolute atomic E-state index is 0.608. The minimum atomic E-state index is -1.11. The van der Waals surface area contributed by atoms with Crippen LogP contribution in [-0.4, -0.2) is 17.0 Å². The van der Waals surface area contributed by atoms with E-state index in [-0.39, 0.29) is 0 Å². The van der Waals surface area contributed by atoms with Crippen LogP contribution in [0, 0.1) is 0 Å². The molecule has 1 fully saturated rings. The van der Waals surface area contributed by atoms with Crippen molar-refractivity contribution >= 4 is 6.29 Å². The van der Waals surface area contributed by atoms with Gasteiger partial charge in [0.1, 0.15) is 5.60 Å². The second-order valence-electron chi connectivity index (χ2n) is 3.40. The summed E-state index contributed by atoms with van der Waals surface area (Å²) in [6.07, 6.45) is 8.43. The summed E-state index contributed by atoms with van der Waals surface area (Å²) in [5.41, 5.74) is -1.11. The Bertz CT molecular complexity index is 124. The first kappa shape index (κ1) is 8.72. The van der Waals surface area contributed by atoms with E-state index in [0.29, 0.717) is 12.8 Å². The zero-order valence-corrected chi connectivity index (χ0v) is 6.81. The van der Waals surface area contributed by atoms with Gasteiger partial charge in [-0.3, -0.25) is 4.79 Å². The molecule has 1 aliphatic rings. The molecule has 1 radical (unpaired) electrons. The molecule has 2 heteroatoms. The van der Waals surface area contributed by atoms with Crippen LogP contribution in [-0.2, 0) is 4.79 Å². The molecular weight excluding hydrogens is 140 g/mol. The van der Waals surface area contributed by atoms with Gasteiger partial charge in [-0.25, -0.2) is 0 Å². The van der Waals surface area contributed by atoms with Crippen LogP contribution >= 0.6 is 0 Å². The summed E-state index contributed by atoms with van der Waals surface area (Å²) in [4.78, 5) is 10.4. The van der Waals surface area contributed by atoms with Gasteiger partial charge in [0.05, 0.1) is 0 Å². The molecule has 1 rings (SSSR count). The average Bonchev–Trinajstić information content (AvgIpc) is 1.98. The summed E-state index contributed by atoms with van der Waals surface area (Å²) in [6.45, 7) is 0. The van der Waals surface area contributed by atoms with E-state index < -0.39 is 5.60 Å². The van der Waals surface area contributed by atoms with Crippen molar-refractivity contribution in [2.45, 2.75) is 50.5 Å². The quantitative estimate of drug-likeness (QED) is 0.624. The maximum Gasteiger partial charge on any atom is 0.232 e. The molecule has 1 aliphatic carbocycles. The molecule has 0 heterocycles. The van der Waals surface area contributed by atoms with E-state index in [1.807, 2.05) is 0 Å². The SMILES string of the molecule is O=[C]C1(O)CCCCCCC1. The van der Waals surface area contributed by atoms with Crippen molar-refractivity contribution in [3.05, 3.63) is 0 Å². The Hall–Kier alpha value is -0.370. The Labute approximate surface area is 67.6 Å². The molecule has 0 amide bonds. The lowest BCUT2D eigenvalue weighted by atomic mass is 9.88. The van der Waals surface area contributed by atoms with Crippen LogP contribution in [0.25, 0.3) is 0 Å². The Morgan fingerprint density at radius 1 is 1.00 bits per heavy atom. The normalized spacial score (nSPS) is 25.2. The van der Waals surface area contributed by atoms with E-state index in [2.05, 4.69) is 0 Å². The number of hydrogen-bond acceptors (Lipinski definition) is 2. The third-order valence-corrected chi connectivity index (χ3v) is 2.37. The predicted octanol–water partition coefficient (Wildman–Crippen LogP) is 1.57. The van der Waals surface area contributed by atoms with Crippen molar-refractivity contribution in [2.75, 3.05) is 0 Å². The maximum absolute atomic E-state index is 10.4. The van der Waals surface area contributed by atoms with Crippen molar-refractivity contribution in [1.82, 2.24) is 0 Å². The molecule has 1 N–H and O–H groups in total. The monoisotopic (exact) mass is 155 g/mol. The van der Waals surface area contributed by atoms with Gasteiger partial charge in [-0.2, -0.15) is 0 Å². The van der Waals surface area contributed by atoms with Gasteiger partial charge in [0.15, 0.2) is 0 Å². The van der Waals surface area contributed by atoms with E-state index in [4.69, 9.17) is 0 Å². The molecule has 11 heavy (non-hydrogen) atoms. The second-order valence-corrected chi connectivity index (χ2v) is 3.40. The summed E-state index contributed by atoms with van der Waals surface area (Å²) in [5, 5.41) is 9.56. The highest BCUT2D eigenvalue weighted by atomic mass is 16.3. The highest BCUT2D eigenvalue weighted by molar-refractivity contribution is 5.62. The highest BCUT2D eigenvalue weighted by Gasteiger charge is 2.27. The molecule has 0 unspecified atom stereocenters. The third kappa shape index (κ3) is 2.62. The van der Waals surface area contributed by atoms with Crippen LogP contribution in [0.15, 0.2) is 0 Å². The lowest BCUT2D eigenvalue weighted by Gasteiger charge is -2.22. The van der Waals surface area contributed by atoms with Crippen LogP contribution in [0.4, 0.5) is 0 Å². The molecule has 0 spiro atoms. The number of carbonyl (C=O) groups excluding carboxylic acids is 1. The molecule has 63 valence electrons. The molecule has 2 nitrogen and oxygen atoms in total. The molecule has 0 atom stereocenters. The van der Waals surface area contributed by atoms with Crippen molar-refractivity contribution in [2.24, 2.45) is 0 Å². The van der Waals surface area contributed by atoms with E-state index >= 15 is 0 Å². The van der Waals surface area contributed by atoms with E-state index in [1.54, 1.807) is 6.29 Å². The predicted molar refractivity (Wildman–Crippen MR) is 43.0 cm³/mol. The molecule has 0 aromatic carbocycles. The molecular formula is C9H15O2. The van der Waals surface area contributed by atoms with Crippen molar-refractivity contribution < 1.29 is 9.90 Å². The van der Waals surface area contributed by atoms with E-state index in [9.17, 15) is 9.90 Å². The molecule has 0 saturated heterocycles. The molecule has 0 aliphatic heterocycles. The lowest BCUT2D eigenvalue weighted by Crippen LogP contribution is -2.30. The third-order valence-electron chi connectivity index (χ3n) is 2.37. The van der Waals surface area contributed by atoms with Gasteiger partial charge < -0.3 is 5.11 Å². The van der Waals surface area contributed by atoms with Crippen molar-refractivity contribution in [3.63, 3.8) is 0 Å². The van der Waals surface area contributed by atoms with Crippen LogP contribution in [0.5, 0.6) is 0 Å². The van der Waals surface area contributed by atoms with Crippen molar-refractivity contribution in [3.8, 4) is 0 Å². The summed E-state index contributed by atoms with van der Waals surface area (Å²) >= 11 is 0. The zero-order chi connectivity index (χ0) is 8.16. The molecule has 0 aromatic heterocycles. The lowest BCUT2D eigenvalue weighted by molar-refractivity contribution is 0.0787. The van der Waals surface area contributed by atoms with Gasteiger partial charge in [0, 0.05) is 0 Å². The maximum atomic E-state index is 10.4. The van der Waals surface area contributed by atoms with E-state index in [0.717, 1.165) is 25.7 Å². The molecule has 1 saturated carbocycles. The standard InChI is InChI=1S/C9H15O2/c10-8-9(11)6-4-2-1-3-5-7-9/h11H,1-7H2. The first-order valence-corrected chi connectivity index (χ1v) is 4.38. The van der Waals surface area contributed by atoms with Crippen LogP contribution in [0.1, 0.15) is 44.9 Å². The Morgan fingerprint density at radius 3 is 1.91 bits per heavy atom. The zero-order valence-electron chi connectivity index (χ0n) is 6.81. The second kappa shape index (κ2) is 3.86. The van der Waals surface area contributed by atoms with Crippen molar-refractivity contribution in [1.29, 1.82) is 0 Å². The van der Waals surface area contributed by atoms with Gasteiger partial charge in [-0.05, 0) is 12.8 Å². The fraction of sp³-hybridized carbons (Fsp3) is 0.889. The first-order valence-electron chi connectivity index (χ1n) is 4.38. The summed E-state index contributed by atoms with van der Waals surface area (Å²) in [5.74, 6) is 0. The number of aliphatic hydroxyl groups is 1. The van der Waals surface area contributed by atoms with Crippen LogP contribution in [0.2, 0.25) is 0 Å². The Balaban J connectivity index is 2.43. The van der Waals surface area contributed by atoms with Crippen LogP contribution in [0.3, 0.4) is 0 Å². The highest BCUT2D eigenvalue weighted by Crippen LogP contribution is 2.24. The van der Waals surface area contributed by atoms with E-state index in [1.165, 1.54) is 6.42 Å². The Morgan fingerprint density at radius 2 is 1.45 bits per heavy atom.